The van der Waals surface area contributed by atoms with Crippen molar-refractivity contribution in [3.05, 3.63) is 39.6 Å². The van der Waals surface area contributed by atoms with Gasteiger partial charge < -0.3 is 0 Å². The second kappa shape index (κ2) is 4.12. The molecule has 15 heavy (non-hydrogen) atoms. The van der Waals surface area contributed by atoms with Gasteiger partial charge in [0.2, 0.25) is 4.77 Å². The summed E-state index contributed by atoms with van der Waals surface area (Å²) in [7, 11) is 0. The Hall–Kier alpha value is -1.20. The van der Waals surface area contributed by atoms with Crippen LogP contribution in [-0.4, -0.2) is 20.2 Å². The second-order valence-corrected chi connectivity index (χ2v) is 3.98. The zero-order valence-corrected chi connectivity index (χ0v) is 9.59. The van der Waals surface area contributed by atoms with E-state index in [-0.39, 0.29) is 6.04 Å². The van der Waals surface area contributed by atoms with E-state index in [1.807, 2.05) is 31.2 Å². The molecule has 1 heterocycles. The Morgan fingerprint density at radius 1 is 1.40 bits per heavy atom. The molecule has 0 spiro atoms. The molecule has 2 aromatic rings. The molecule has 1 N–H and O–H groups in total. The number of H-pyrrole nitrogens is 1. The van der Waals surface area contributed by atoms with Gasteiger partial charge >= 0.3 is 0 Å². The lowest BCUT2D eigenvalue weighted by atomic mass is 10.1. The second-order valence-electron chi connectivity index (χ2n) is 3.18. The number of halogens is 1. The number of rotatable bonds is 2. The predicted octanol–water partition coefficient (Wildman–Crippen LogP) is 2.60. The minimum atomic E-state index is 0.0739. The number of nitrogens with one attached hydrogen (secondary N) is 1. The van der Waals surface area contributed by atoms with Crippen LogP contribution >= 0.6 is 23.8 Å². The third kappa shape index (κ3) is 2.08. The van der Waals surface area contributed by atoms with Crippen LogP contribution in [0.4, 0.5) is 0 Å². The average Bonchev–Trinajstić information content (AvgIpc) is 2.65. The Kier molecular flexibility index (Phi) is 2.83. The summed E-state index contributed by atoms with van der Waals surface area (Å²) in [5.41, 5.74) is 1.10. The predicted molar refractivity (Wildman–Crippen MR) is 60.5 cm³/mol. The molecule has 0 aliphatic carbocycles. The molecule has 0 bridgehead atoms. The minimum Gasteiger partial charge on any atom is -0.235 e. The smallest absolute Gasteiger partial charge is 0.235 e. The maximum Gasteiger partial charge on any atom is 0.238 e. The maximum absolute atomic E-state index is 5.81. The van der Waals surface area contributed by atoms with Crippen molar-refractivity contribution in [2.75, 3.05) is 0 Å². The molecule has 1 aromatic heterocycles. The highest BCUT2D eigenvalue weighted by Crippen LogP contribution is 2.18. The van der Waals surface area contributed by atoms with Crippen LogP contribution in [0.2, 0.25) is 5.02 Å². The topological polar surface area (TPSA) is 46.5 Å². The van der Waals surface area contributed by atoms with Crippen molar-refractivity contribution in [1.29, 1.82) is 0 Å². The summed E-state index contributed by atoms with van der Waals surface area (Å²) in [5.74, 6) is 0. The number of benzene rings is 1. The van der Waals surface area contributed by atoms with Crippen molar-refractivity contribution in [3.8, 4) is 0 Å². The molecule has 78 valence electrons. The van der Waals surface area contributed by atoms with Gasteiger partial charge in [0.05, 0.1) is 6.04 Å². The zero-order chi connectivity index (χ0) is 10.8. The highest BCUT2D eigenvalue weighted by molar-refractivity contribution is 7.71. The molecule has 0 saturated carbocycles. The molecule has 1 unspecified atom stereocenters. The van der Waals surface area contributed by atoms with E-state index in [4.69, 9.17) is 23.8 Å². The van der Waals surface area contributed by atoms with Crippen molar-refractivity contribution in [3.63, 3.8) is 0 Å². The van der Waals surface area contributed by atoms with Crippen LogP contribution in [0.1, 0.15) is 18.5 Å². The summed E-state index contributed by atoms with van der Waals surface area (Å²) in [6.07, 6.45) is 0. The highest BCUT2D eigenvalue weighted by Gasteiger charge is 2.09. The molecule has 0 fully saturated rings. The van der Waals surface area contributed by atoms with Gasteiger partial charge in [0.1, 0.15) is 0 Å². The summed E-state index contributed by atoms with van der Waals surface area (Å²) in [4.78, 5) is 0. The van der Waals surface area contributed by atoms with Gasteiger partial charge in [0.15, 0.2) is 0 Å². The maximum atomic E-state index is 5.81. The number of tetrazole rings is 1. The molecular weight excluding hydrogens is 232 g/mol. The van der Waals surface area contributed by atoms with Gasteiger partial charge in [0, 0.05) is 5.02 Å². The number of aromatic nitrogens is 4. The monoisotopic (exact) mass is 240 g/mol. The first-order valence-corrected chi connectivity index (χ1v) is 5.22. The molecule has 0 amide bonds. The van der Waals surface area contributed by atoms with E-state index in [1.54, 1.807) is 4.68 Å². The van der Waals surface area contributed by atoms with Crippen molar-refractivity contribution >= 4 is 23.8 Å². The van der Waals surface area contributed by atoms with Crippen LogP contribution in [0.15, 0.2) is 24.3 Å². The van der Waals surface area contributed by atoms with E-state index >= 15 is 0 Å². The molecule has 4 nitrogen and oxygen atoms in total. The van der Waals surface area contributed by atoms with E-state index in [1.165, 1.54) is 0 Å². The third-order valence-electron chi connectivity index (χ3n) is 2.23. The van der Waals surface area contributed by atoms with Gasteiger partial charge in [-0.15, -0.1) is 0 Å². The Balaban J connectivity index is 2.36. The summed E-state index contributed by atoms with van der Waals surface area (Å²) in [6.45, 7) is 2.01. The van der Waals surface area contributed by atoms with E-state index in [0.29, 0.717) is 4.77 Å². The van der Waals surface area contributed by atoms with Crippen LogP contribution in [0.25, 0.3) is 0 Å². The fourth-order valence-corrected chi connectivity index (χ4v) is 1.71. The van der Waals surface area contributed by atoms with Gasteiger partial charge in [-0.05, 0) is 36.8 Å². The van der Waals surface area contributed by atoms with Gasteiger partial charge in [0.25, 0.3) is 0 Å². The average molecular weight is 241 g/mol. The van der Waals surface area contributed by atoms with E-state index in [9.17, 15) is 0 Å². The first kappa shape index (κ1) is 10.3. The minimum absolute atomic E-state index is 0.0739. The van der Waals surface area contributed by atoms with Crippen LogP contribution in [0.3, 0.4) is 0 Å². The lowest BCUT2D eigenvalue weighted by molar-refractivity contribution is 0.537. The molecule has 0 aliphatic heterocycles. The largest absolute Gasteiger partial charge is 0.238 e. The lowest BCUT2D eigenvalue weighted by Gasteiger charge is -2.11. The Morgan fingerprint density at radius 3 is 2.60 bits per heavy atom. The first-order valence-electron chi connectivity index (χ1n) is 4.43. The number of hydrogen-bond donors (Lipinski definition) is 1. The third-order valence-corrected chi connectivity index (χ3v) is 2.76. The molecular formula is C9H9ClN4S. The fraction of sp³-hybridized carbons (Fsp3) is 0.222. The Labute approximate surface area is 96.9 Å². The SMILES string of the molecule is CC(c1ccc(Cl)cc1)n1[nH]nnc1=S. The van der Waals surface area contributed by atoms with Gasteiger partial charge in [-0.3, -0.25) is 0 Å². The van der Waals surface area contributed by atoms with Crippen LogP contribution < -0.4 is 0 Å². The van der Waals surface area contributed by atoms with Gasteiger partial charge in [-0.1, -0.05) is 34.0 Å². The standard InChI is InChI=1S/C9H9ClN4S/c1-6(14-9(15)11-12-13-14)7-2-4-8(10)5-3-7/h2-6H,1H3,(H,11,13,15). The van der Waals surface area contributed by atoms with Crippen molar-refractivity contribution < 1.29 is 0 Å². The first-order chi connectivity index (χ1) is 7.18. The summed E-state index contributed by atoms with van der Waals surface area (Å²) in [6, 6.07) is 7.68. The molecule has 2 rings (SSSR count). The Bertz CT molecular complexity index is 501. The van der Waals surface area contributed by atoms with E-state index < -0.39 is 0 Å². The number of aromatic amines is 1. The lowest BCUT2D eigenvalue weighted by Crippen LogP contribution is -2.08. The Morgan fingerprint density at radius 2 is 2.07 bits per heavy atom. The molecule has 0 radical (unpaired) electrons. The normalized spacial score (nSPS) is 12.7. The quantitative estimate of drug-likeness (QED) is 0.821. The number of hydrogen-bond acceptors (Lipinski definition) is 3. The molecule has 6 heteroatoms. The number of nitrogens with zero attached hydrogens (tertiary/aromatic N) is 3. The fourth-order valence-electron chi connectivity index (χ4n) is 1.35. The van der Waals surface area contributed by atoms with Crippen LogP contribution in [0.5, 0.6) is 0 Å². The highest BCUT2D eigenvalue weighted by atomic mass is 35.5. The zero-order valence-electron chi connectivity index (χ0n) is 8.01. The van der Waals surface area contributed by atoms with Crippen LogP contribution in [-0.2, 0) is 0 Å². The molecule has 1 aromatic carbocycles. The molecule has 0 aliphatic rings. The van der Waals surface area contributed by atoms with Crippen molar-refractivity contribution in [2.24, 2.45) is 0 Å². The van der Waals surface area contributed by atoms with Crippen molar-refractivity contribution in [2.45, 2.75) is 13.0 Å². The molecule has 0 saturated heterocycles. The summed E-state index contributed by atoms with van der Waals surface area (Å²) >= 11 is 10.8. The summed E-state index contributed by atoms with van der Waals surface area (Å²) in [5, 5.41) is 10.8. The van der Waals surface area contributed by atoms with Crippen LogP contribution in [0, 0.1) is 4.77 Å². The molecule has 1 atom stereocenters. The van der Waals surface area contributed by atoms with Gasteiger partial charge in [-0.2, -0.15) is 5.21 Å². The van der Waals surface area contributed by atoms with Gasteiger partial charge in [-0.25, -0.2) is 4.68 Å². The van der Waals surface area contributed by atoms with Crippen molar-refractivity contribution in [1.82, 2.24) is 20.2 Å². The van der Waals surface area contributed by atoms with E-state index in [0.717, 1.165) is 10.6 Å². The summed E-state index contributed by atoms with van der Waals surface area (Å²) < 4.78 is 2.16. The van der Waals surface area contributed by atoms with E-state index in [2.05, 4.69) is 15.5 Å².